The number of imide groups is 1. The zero-order valence-electron chi connectivity index (χ0n) is 44.1. The first kappa shape index (κ1) is 55.0. The van der Waals surface area contributed by atoms with Gasteiger partial charge in [0.25, 0.3) is 27.7 Å². The number of nitrogens with one attached hydrogen (secondary N) is 6. The minimum Gasteiger partial charge on any atom is -0.455 e. The molecule has 2 atom stereocenters. The van der Waals surface area contributed by atoms with Crippen molar-refractivity contribution >= 4 is 84.8 Å². The lowest BCUT2D eigenvalue weighted by Crippen LogP contribution is -2.52. The number of rotatable bonds is 17. The number of halogens is 1. The van der Waals surface area contributed by atoms with Crippen LogP contribution >= 0.6 is 11.6 Å². The number of anilines is 2. The van der Waals surface area contributed by atoms with Crippen molar-refractivity contribution in [3.8, 4) is 23.3 Å². The number of H-pyrrole nitrogens is 1. The molecule has 2 aromatic heterocycles. The van der Waals surface area contributed by atoms with E-state index in [0.717, 1.165) is 43.7 Å². The van der Waals surface area contributed by atoms with Gasteiger partial charge in [-0.25, -0.2) is 18.1 Å². The summed E-state index contributed by atoms with van der Waals surface area (Å²) >= 11 is 6.21. The van der Waals surface area contributed by atoms with Gasteiger partial charge in [0.05, 0.1) is 22.3 Å². The van der Waals surface area contributed by atoms with Gasteiger partial charge in [-0.15, -0.1) is 4.91 Å². The van der Waals surface area contributed by atoms with E-state index in [1.54, 1.807) is 47.5 Å². The lowest BCUT2D eigenvalue weighted by molar-refractivity contribution is -0.137. The number of likely N-dealkylation sites (tertiary alicyclic amines) is 1. The zero-order valence-corrected chi connectivity index (χ0v) is 45.7. The van der Waals surface area contributed by atoms with Crippen LogP contribution in [-0.2, 0) is 31.0 Å². The Morgan fingerprint density at radius 2 is 1.80 bits per heavy atom. The molecule has 4 aromatic carbocycles. The fourth-order valence-corrected chi connectivity index (χ4v) is 11.9. The molecule has 2 fully saturated rings. The van der Waals surface area contributed by atoms with Crippen LogP contribution in [0.2, 0.25) is 5.02 Å². The molecule has 2 saturated heterocycles. The average molecular weight is 1120 g/mol. The summed E-state index contributed by atoms with van der Waals surface area (Å²) in [4.78, 5) is 87.4. The Morgan fingerprint density at radius 3 is 2.61 bits per heavy atom. The number of hydrogen-bond donors (Lipinski definition) is 6. The molecule has 21 heteroatoms. The number of nitroso groups, excluding NO2 is 1. The van der Waals surface area contributed by atoms with Gasteiger partial charge < -0.3 is 35.5 Å². The van der Waals surface area contributed by atoms with Gasteiger partial charge in [-0.1, -0.05) is 55.1 Å². The predicted octanol–water partition coefficient (Wildman–Crippen LogP) is 8.65. The Bertz CT molecular complexity index is 3660. The van der Waals surface area contributed by atoms with Crippen LogP contribution < -0.4 is 30.7 Å². The van der Waals surface area contributed by atoms with Crippen molar-refractivity contribution in [2.24, 2.45) is 16.5 Å². The van der Waals surface area contributed by atoms with E-state index in [0.29, 0.717) is 77.9 Å². The number of amides is 5. The van der Waals surface area contributed by atoms with Crippen molar-refractivity contribution < 1.29 is 37.1 Å². The van der Waals surface area contributed by atoms with Crippen LogP contribution in [0.4, 0.5) is 17.1 Å². The second kappa shape index (κ2) is 23.5. The molecule has 80 heavy (non-hydrogen) atoms. The van der Waals surface area contributed by atoms with Crippen molar-refractivity contribution in [2.45, 2.75) is 76.3 Å². The van der Waals surface area contributed by atoms with E-state index >= 15 is 0 Å². The Morgan fingerprint density at radius 1 is 0.963 bits per heavy atom. The number of benzene rings is 4. The number of nitrogens with zero attached hydrogens (tertiary/aromatic N) is 4. The standard InChI is InChI=1S/C59H59ClN10O9S/c1-59(2)22-20-40(47(30-59)38-8-11-41(60)12-9-38)32-61-24-25-62-42-13-15-46(52(28-42)79-43-27-39-21-23-63-55(39)65-33-43)56(73)68-80(77,78)44-14-16-49(50(29-44)67-76)64-31-36-5-4-26-69(34-36)54(72)19-10-37-6-3-7-45-48(37)35-70(58(45)75)51-17-18-53(71)66-57(51)74/h3,6-9,11-16,21,23,27-29,33,36,51,61-62,64H,4-5,17-18,20,22,24-26,30-32,34-35H2,1-2H3,(H,63,65)(H,68,73)(H,66,71,74). The molecule has 0 bridgehead atoms. The smallest absolute Gasteiger partial charge is 0.298 e. The van der Waals surface area contributed by atoms with E-state index in [1.807, 2.05) is 18.2 Å². The number of ether oxygens (including phenoxy) is 1. The summed E-state index contributed by atoms with van der Waals surface area (Å²) in [6.07, 6.45) is 8.07. The van der Waals surface area contributed by atoms with Crippen LogP contribution in [0.3, 0.4) is 0 Å². The first-order valence-electron chi connectivity index (χ1n) is 26.5. The molecule has 5 amide bonds. The van der Waals surface area contributed by atoms with Crippen molar-refractivity contribution in [1.82, 2.24) is 35.1 Å². The van der Waals surface area contributed by atoms with Gasteiger partial charge in [0, 0.05) is 97.6 Å². The maximum Gasteiger partial charge on any atom is 0.298 e. The summed E-state index contributed by atoms with van der Waals surface area (Å²) in [5, 5.41) is 17.0. The summed E-state index contributed by atoms with van der Waals surface area (Å²) in [6, 6.07) is 24.3. The molecule has 5 heterocycles. The molecule has 19 nitrogen and oxygen atoms in total. The van der Waals surface area contributed by atoms with E-state index < -0.39 is 33.8 Å². The fraction of sp³-hybridized carbons (Fsp3) is 0.322. The maximum atomic E-state index is 14.0. The molecule has 4 aliphatic rings. The van der Waals surface area contributed by atoms with Crippen LogP contribution in [0, 0.1) is 28.1 Å². The summed E-state index contributed by atoms with van der Waals surface area (Å²) in [6.45, 7) is 7.72. The zero-order chi connectivity index (χ0) is 56.1. The second-order valence-corrected chi connectivity index (χ2v) is 23.4. The number of carbonyl (C=O) groups excluding carboxylic acids is 5. The summed E-state index contributed by atoms with van der Waals surface area (Å²) < 4.78 is 36.1. The SMILES string of the molecule is CC1(C)CCC(CNCCNc2ccc(C(=O)NS(=O)(=O)c3ccc(NCC4CCCN(C(=O)C#Cc5cccc6c5CN(C5CCC(=O)NC5=O)C6=O)C4)c(N=O)c3)c(Oc3cnc4[nH]ccc4c3)c2)=C(c2ccc(Cl)cc2)C1. The van der Waals surface area contributed by atoms with E-state index in [2.05, 4.69) is 79.0 Å². The summed E-state index contributed by atoms with van der Waals surface area (Å²) in [5.41, 5.74) is 6.81. The third-order valence-electron chi connectivity index (χ3n) is 15.1. The number of fused-ring (bicyclic) bond motifs is 2. The molecule has 412 valence electrons. The molecule has 0 radical (unpaired) electrons. The number of aromatic amines is 1. The maximum absolute atomic E-state index is 14.0. The van der Waals surface area contributed by atoms with Crippen molar-refractivity contribution in [3.63, 3.8) is 0 Å². The molecule has 2 unspecified atom stereocenters. The summed E-state index contributed by atoms with van der Waals surface area (Å²) in [7, 11) is -4.57. The first-order valence-corrected chi connectivity index (χ1v) is 28.4. The van der Waals surface area contributed by atoms with Gasteiger partial charge in [-0.05, 0) is 138 Å². The van der Waals surface area contributed by atoms with Crippen LogP contribution in [0.5, 0.6) is 11.5 Å². The number of carbonyl (C=O) groups is 5. The third-order valence-corrected chi connectivity index (χ3v) is 16.6. The largest absolute Gasteiger partial charge is 0.455 e. The molecule has 6 N–H and O–H groups in total. The number of allylic oxidation sites excluding steroid dienone is 1. The summed E-state index contributed by atoms with van der Waals surface area (Å²) in [5.74, 6) is 3.36. The predicted molar refractivity (Wildman–Crippen MR) is 304 cm³/mol. The van der Waals surface area contributed by atoms with Crippen molar-refractivity contribution in [1.29, 1.82) is 0 Å². The molecule has 10 rings (SSSR count). The van der Waals surface area contributed by atoms with Crippen molar-refractivity contribution in [3.05, 3.63) is 147 Å². The van der Waals surface area contributed by atoms with Gasteiger partial charge in [-0.3, -0.25) is 29.3 Å². The molecule has 0 spiro atoms. The highest BCUT2D eigenvalue weighted by Crippen LogP contribution is 2.43. The fourth-order valence-electron chi connectivity index (χ4n) is 10.7. The molecule has 3 aliphatic heterocycles. The number of sulfonamides is 1. The topological polar surface area (TPSA) is 253 Å². The van der Waals surface area contributed by atoms with Gasteiger partial charge in [0.15, 0.2) is 0 Å². The molecular weight excluding hydrogens is 1060 g/mol. The van der Waals surface area contributed by atoms with Gasteiger partial charge >= 0.3 is 0 Å². The Balaban J connectivity index is 0.765. The monoisotopic (exact) mass is 1120 g/mol. The third kappa shape index (κ3) is 12.6. The Hall–Kier alpha value is -8.38. The average Bonchev–Trinajstić information content (AvgIpc) is 4.14. The minimum atomic E-state index is -4.57. The van der Waals surface area contributed by atoms with E-state index in [-0.39, 0.29) is 70.1 Å². The minimum absolute atomic E-state index is 0.0666. The second-order valence-electron chi connectivity index (χ2n) is 21.3. The van der Waals surface area contributed by atoms with Gasteiger partial charge in [0.2, 0.25) is 11.8 Å². The van der Waals surface area contributed by atoms with Crippen LogP contribution in [-0.4, -0.2) is 103 Å². The lowest BCUT2D eigenvalue weighted by atomic mass is 9.72. The number of piperidine rings is 2. The van der Waals surface area contributed by atoms with Gasteiger partial charge in [0.1, 0.15) is 28.9 Å². The number of pyridine rings is 1. The quantitative estimate of drug-likeness (QED) is 0.0217. The van der Waals surface area contributed by atoms with Crippen LogP contribution in [0.1, 0.15) is 96.2 Å². The lowest BCUT2D eigenvalue weighted by Gasteiger charge is -2.34. The van der Waals surface area contributed by atoms with Gasteiger partial charge in [-0.2, -0.15) is 0 Å². The van der Waals surface area contributed by atoms with E-state index in [1.165, 1.54) is 46.0 Å². The van der Waals surface area contributed by atoms with E-state index in [4.69, 9.17) is 16.3 Å². The Kier molecular flexibility index (Phi) is 16.2. The normalized spacial score (nSPS) is 18.0. The highest BCUT2D eigenvalue weighted by molar-refractivity contribution is 7.90. The van der Waals surface area contributed by atoms with Crippen LogP contribution in [0.15, 0.2) is 119 Å². The van der Waals surface area contributed by atoms with Crippen LogP contribution in [0.25, 0.3) is 16.6 Å². The first-order chi connectivity index (χ1) is 38.5. The van der Waals surface area contributed by atoms with E-state index in [9.17, 15) is 37.3 Å². The highest BCUT2D eigenvalue weighted by Gasteiger charge is 2.40. The molecule has 6 aromatic rings. The Labute approximate surface area is 467 Å². The number of hydrogen-bond acceptors (Lipinski definition) is 14. The molecular formula is C59H59ClN10O9S. The van der Waals surface area contributed by atoms with Crippen molar-refractivity contribution in [2.75, 3.05) is 49.9 Å². The highest BCUT2D eigenvalue weighted by atomic mass is 35.5. The molecule has 1 aliphatic carbocycles. The molecule has 0 saturated carbocycles. The number of aromatic nitrogens is 2.